The number of carbonyl (C=O) groups is 1. The van der Waals surface area contributed by atoms with Crippen molar-refractivity contribution < 1.29 is 9.53 Å². The average Bonchev–Trinajstić information content (AvgIpc) is 2.94. The van der Waals surface area contributed by atoms with E-state index < -0.39 is 0 Å². The lowest BCUT2D eigenvalue weighted by atomic mass is 10.1. The molecule has 0 radical (unpaired) electrons. The summed E-state index contributed by atoms with van der Waals surface area (Å²) in [6.07, 6.45) is 6.66. The predicted molar refractivity (Wildman–Crippen MR) is 79.0 cm³/mol. The Hall–Kier alpha value is -2.36. The lowest BCUT2D eigenvalue weighted by Crippen LogP contribution is -1.95. The molecule has 0 unspecified atom stereocenters. The smallest absolute Gasteiger partial charge is 0.189 e. The third kappa shape index (κ3) is 3.15. The van der Waals surface area contributed by atoms with Crippen LogP contribution in [-0.4, -0.2) is 22.7 Å². The first-order valence-electron chi connectivity index (χ1n) is 6.53. The Balaban J connectivity index is 2.20. The van der Waals surface area contributed by atoms with Gasteiger partial charge in [-0.15, -0.1) is 0 Å². The van der Waals surface area contributed by atoms with Crippen LogP contribution in [0.3, 0.4) is 0 Å². The van der Waals surface area contributed by atoms with Crippen LogP contribution in [0.15, 0.2) is 36.7 Å². The fourth-order valence-electron chi connectivity index (χ4n) is 1.91. The lowest BCUT2D eigenvalue weighted by Gasteiger charge is -2.05. The van der Waals surface area contributed by atoms with Crippen molar-refractivity contribution in [2.75, 3.05) is 7.11 Å². The van der Waals surface area contributed by atoms with Gasteiger partial charge in [0.15, 0.2) is 5.78 Å². The van der Waals surface area contributed by atoms with E-state index in [9.17, 15) is 4.79 Å². The maximum absolute atomic E-state index is 12.1. The molecule has 0 aliphatic heterocycles. The number of rotatable bonds is 5. The molecule has 20 heavy (non-hydrogen) atoms. The van der Waals surface area contributed by atoms with Gasteiger partial charge in [-0.05, 0) is 38.1 Å². The zero-order chi connectivity index (χ0) is 14.5. The van der Waals surface area contributed by atoms with Gasteiger partial charge in [-0.1, -0.05) is 11.6 Å². The first-order chi connectivity index (χ1) is 9.63. The molecule has 0 saturated carbocycles. The van der Waals surface area contributed by atoms with Gasteiger partial charge < -0.3 is 4.74 Å². The Morgan fingerprint density at radius 3 is 2.90 bits per heavy atom. The van der Waals surface area contributed by atoms with Gasteiger partial charge in [-0.3, -0.25) is 9.48 Å². The SMILES string of the molecule is CCn1cc(C(=O)/C=C\c2cc(C)ccc2OC)cn1. The number of aryl methyl sites for hydroxylation is 2. The van der Waals surface area contributed by atoms with Crippen LogP contribution < -0.4 is 4.74 Å². The molecule has 4 heteroatoms. The lowest BCUT2D eigenvalue weighted by molar-refractivity contribution is 0.104. The number of aromatic nitrogens is 2. The highest BCUT2D eigenvalue weighted by molar-refractivity contribution is 6.06. The molecular weight excluding hydrogens is 252 g/mol. The quantitative estimate of drug-likeness (QED) is 0.619. The number of allylic oxidation sites excluding steroid dienone is 1. The van der Waals surface area contributed by atoms with Crippen LogP contribution in [0, 0.1) is 6.92 Å². The molecule has 1 aromatic heterocycles. The molecule has 0 aliphatic carbocycles. The Labute approximate surface area is 118 Å². The summed E-state index contributed by atoms with van der Waals surface area (Å²) >= 11 is 0. The minimum Gasteiger partial charge on any atom is -0.496 e. The van der Waals surface area contributed by atoms with Crippen LogP contribution in [0.1, 0.15) is 28.4 Å². The summed E-state index contributed by atoms with van der Waals surface area (Å²) in [5.41, 5.74) is 2.61. The van der Waals surface area contributed by atoms with E-state index >= 15 is 0 Å². The standard InChI is InChI=1S/C16H18N2O2/c1-4-18-11-14(10-17-18)15(19)7-6-13-9-12(2)5-8-16(13)20-3/h5-11H,4H2,1-3H3/b7-6-. The Morgan fingerprint density at radius 1 is 1.45 bits per heavy atom. The number of carbonyl (C=O) groups excluding carboxylic acids is 1. The zero-order valence-electron chi connectivity index (χ0n) is 12.0. The molecule has 0 spiro atoms. The van der Waals surface area contributed by atoms with Gasteiger partial charge >= 0.3 is 0 Å². The summed E-state index contributed by atoms with van der Waals surface area (Å²) in [6.45, 7) is 4.74. The summed E-state index contributed by atoms with van der Waals surface area (Å²) in [7, 11) is 1.62. The second-order valence-electron chi connectivity index (χ2n) is 4.53. The van der Waals surface area contributed by atoms with Gasteiger partial charge in [-0.2, -0.15) is 5.10 Å². The van der Waals surface area contributed by atoms with Crippen molar-refractivity contribution in [1.82, 2.24) is 9.78 Å². The minimum absolute atomic E-state index is 0.0618. The molecule has 0 saturated heterocycles. The molecule has 0 bridgehead atoms. The second-order valence-corrected chi connectivity index (χ2v) is 4.53. The van der Waals surface area contributed by atoms with E-state index in [2.05, 4.69) is 5.10 Å². The van der Waals surface area contributed by atoms with Gasteiger partial charge in [0.2, 0.25) is 0 Å². The van der Waals surface area contributed by atoms with Gasteiger partial charge in [-0.25, -0.2) is 0 Å². The molecule has 0 amide bonds. The van der Waals surface area contributed by atoms with Crippen molar-refractivity contribution in [3.63, 3.8) is 0 Å². The van der Waals surface area contributed by atoms with E-state index in [0.29, 0.717) is 5.56 Å². The van der Waals surface area contributed by atoms with E-state index in [1.54, 1.807) is 36.3 Å². The highest BCUT2D eigenvalue weighted by atomic mass is 16.5. The van der Waals surface area contributed by atoms with Crippen LogP contribution in [-0.2, 0) is 6.54 Å². The molecular formula is C16H18N2O2. The highest BCUT2D eigenvalue weighted by Gasteiger charge is 2.06. The zero-order valence-corrected chi connectivity index (χ0v) is 12.0. The second kappa shape index (κ2) is 6.19. The maximum Gasteiger partial charge on any atom is 0.189 e. The van der Waals surface area contributed by atoms with E-state index in [1.807, 2.05) is 32.0 Å². The minimum atomic E-state index is -0.0618. The molecule has 0 atom stereocenters. The van der Waals surface area contributed by atoms with Crippen LogP contribution in [0.4, 0.5) is 0 Å². The monoisotopic (exact) mass is 270 g/mol. The van der Waals surface area contributed by atoms with E-state index in [1.165, 1.54) is 0 Å². The van der Waals surface area contributed by atoms with Crippen molar-refractivity contribution in [2.24, 2.45) is 0 Å². The summed E-state index contributed by atoms with van der Waals surface area (Å²) < 4.78 is 7.01. The van der Waals surface area contributed by atoms with Gasteiger partial charge in [0.1, 0.15) is 5.75 Å². The van der Waals surface area contributed by atoms with Gasteiger partial charge in [0.25, 0.3) is 0 Å². The van der Waals surface area contributed by atoms with Crippen molar-refractivity contribution in [3.05, 3.63) is 53.4 Å². The van der Waals surface area contributed by atoms with Gasteiger partial charge in [0.05, 0.1) is 18.9 Å². The van der Waals surface area contributed by atoms with Crippen molar-refractivity contribution in [1.29, 1.82) is 0 Å². The number of ether oxygens (including phenoxy) is 1. The fourth-order valence-corrected chi connectivity index (χ4v) is 1.91. The summed E-state index contributed by atoms with van der Waals surface area (Å²) in [6, 6.07) is 5.86. The first kappa shape index (κ1) is 14.1. The molecule has 0 N–H and O–H groups in total. The fraction of sp³-hybridized carbons (Fsp3) is 0.250. The Morgan fingerprint density at radius 2 is 2.25 bits per heavy atom. The third-order valence-corrected chi connectivity index (χ3v) is 3.04. The number of methoxy groups -OCH3 is 1. The molecule has 4 nitrogen and oxygen atoms in total. The number of nitrogens with zero attached hydrogens (tertiary/aromatic N) is 2. The molecule has 0 aliphatic rings. The summed E-state index contributed by atoms with van der Waals surface area (Å²) in [4.78, 5) is 12.1. The highest BCUT2D eigenvalue weighted by Crippen LogP contribution is 2.21. The Bertz CT molecular complexity index is 642. The predicted octanol–water partition coefficient (Wildman–Crippen LogP) is 3.12. The average molecular weight is 270 g/mol. The largest absolute Gasteiger partial charge is 0.496 e. The summed E-state index contributed by atoms with van der Waals surface area (Å²) in [5.74, 6) is 0.692. The molecule has 104 valence electrons. The number of hydrogen-bond donors (Lipinski definition) is 0. The molecule has 2 rings (SSSR count). The van der Waals surface area contributed by atoms with E-state index in [4.69, 9.17) is 4.74 Å². The van der Waals surface area contributed by atoms with Crippen LogP contribution in [0.25, 0.3) is 6.08 Å². The van der Waals surface area contributed by atoms with Crippen molar-refractivity contribution in [3.8, 4) is 5.75 Å². The van der Waals surface area contributed by atoms with Crippen LogP contribution in [0.2, 0.25) is 0 Å². The number of ketones is 1. The number of hydrogen-bond acceptors (Lipinski definition) is 3. The first-order valence-corrected chi connectivity index (χ1v) is 6.53. The van der Waals surface area contributed by atoms with E-state index in [0.717, 1.165) is 23.4 Å². The van der Waals surface area contributed by atoms with Crippen molar-refractivity contribution >= 4 is 11.9 Å². The molecule has 2 aromatic rings. The molecule has 0 fully saturated rings. The maximum atomic E-state index is 12.1. The van der Waals surface area contributed by atoms with Crippen LogP contribution in [0.5, 0.6) is 5.75 Å². The van der Waals surface area contributed by atoms with Crippen molar-refractivity contribution in [2.45, 2.75) is 20.4 Å². The van der Waals surface area contributed by atoms with Gasteiger partial charge in [0, 0.05) is 18.3 Å². The normalized spacial score (nSPS) is 10.9. The summed E-state index contributed by atoms with van der Waals surface area (Å²) in [5, 5.41) is 4.10. The van der Waals surface area contributed by atoms with E-state index in [-0.39, 0.29) is 5.78 Å². The number of benzene rings is 1. The third-order valence-electron chi connectivity index (χ3n) is 3.04. The van der Waals surface area contributed by atoms with Crippen LogP contribution >= 0.6 is 0 Å². The topological polar surface area (TPSA) is 44.1 Å². The molecule has 1 heterocycles. The molecule has 1 aromatic carbocycles. The Kier molecular flexibility index (Phi) is 4.35.